The van der Waals surface area contributed by atoms with Gasteiger partial charge in [-0.1, -0.05) is 159 Å². The number of benzene rings is 6. The van der Waals surface area contributed by atoms with Gasteiger partial charge in [0.2, 0.25) is 0 Å². The van der Waals surface area contributed by atoms with Gasteiger partial charge < -0.3 is 4.57 Å². The molecule has 0 spiro atoms. The molecule has 0 aliphatic heterocycles. The fourth-order valence-corrected chi connectivity index (χ4v) is 7.21. The maximum atomic E-state index is 2.37. The van der Waals surface area contributed by atoms with E-state index >= 15 is 0 Å². The van der Waals surface area contributed by atoms with Crippen molar-refractivity contribution >= 4 is 33.3 Å². The molecule has 6 aromatic carbocycles. The lowest BCUT2D eigenvalue weighted by atomic mass is 9.92. The quantitative estimate of drug-likeness (QED) is 0.175. The molecule has 1 aromatic heterocycles. The van der Waals surface area contributed by atoms with Crippen LogP contribution in [0.25, 0.3) is 55.6 Å². The van der Waals surface area contributed by atoms with E-state index in [2.05, 4.69) is 196 Å². The van der Waals surface area contributed by atoms with Crippen LogP contribution >= 0.6 is 0 Å². The van der Waals surface area contributed by atoms with Gasteiger partial charge in [-0.3, -0.25) is 0 Å². The summed E-state index contributed by atoms with van der Waals surface area (Å²) < 4.78 is 2.31. The summed E-state index contributed by atoms with van der Waals surface area (Å²) in [6.07, 6.45) is 14.5. The minimum atomic E-state index is 1.04. The molecular formula is C51H51N. The number of hydrogen-bond acceptors (Lipinski definition) is 0. The maximum Gasteiger partial charge on any atom is 0.0485 e. The highest BCUT2D eigenvalue weighted by molar-refractivity contribution is 5.93. The maximum absolute atomic E-state index is 2.37. The summed E-state index contributed by atoms with van der Waals surface area (Å²) in [5, 5.41) is 4.03. The highest BCUT2D eigenvalue weighted by Crippen LogP contribution is 2.36. The van der Waals surface area contributed by atoms with Crippen LogP contribution in [0, 0.1) is 20.8 Å². The van der Waals surface area contributed by atoms with Crippen LogP contribution in [0.4, 0.5) is 0 Å². The lowest BCUT2D eigenvalue weighted by Crippen LogP contribution is -1.90. The monoisotopic (exact) mass is 677 g/mol. The van der Waals surface area contributed by atoms with Crippen LogP contribution in [0.15, 0.2) is 158 Å². The first kappa shape index (κ1) is 36.1. The summed E-state index contributed by atoms with van der Waals surface area (Å²) in [4.78, 5) is 0. The van der Waals surface area contributed by atoms with Crippen molar-refractivity contribution in [2.45, 2.75) is 53.9 Å². The topological polar surface area (TPSA) is 4.93 Å². The van der Waals surface area contributed by atoms with Gasteiger partial charge in [0.1, 0.15) is 0 Å². The van der Waals surface area contributed by atoms with Gasteiger partial charge in [0.15, 0.2) is 0 Å². The Hall–Kier alpha value is -5.66. The average Bonchev–Trinajstić information content (AvgIpc) is 3.79. The van der Waals surface area contributed by atoms with Gasteiger partial charge in [0, 0.05) is 23.6 Å². The lowest BCUT2D eigenvalue weighted by molar-refractivity contribution is 0.951. The van der Waals surface area contributed by atoms with E-state index in [1.807, 2.05) is 13.8 Å². The fourth-order valence-electron chi connectivity index (χ4n) is 7.21. The number of aryl methyl sites for hydroxylation is 4. The molecule has 0 bridgehead atoms. The largest absolute Gasteiger partial charge is 0.344 e. The average molecular weight is 678 g/mol. The van der Waals surface area contributed by atoms with Gasteiger partial charge in [0.05, 0.1) is 0 Å². The van der Waals surface area contributed by atoms with Crippen LogP contribution in [-0.2, 0) is 13.5 Å². The Bertz CT molecular complexity index is 2380. The van der Waals surface area contributed by atoms with E-state index in [-0.39, 0.29) is 0 Å². The zero-order chi connectivity index (χ0) is 36.5. The standard InChI is InChI=1S/C26H23N.C12H12.C11H10.C2H6/c1-17-7-4-5-8-21(17)23-15-19(12-11-18(23)2)20-13-14-26-24(16-20)22-9-6-10-25(22)27(26)3;1-3-7-11(8-4-1)12-9-5-2-6-10-12;1-9-6-7-10-4-2-3-5-11(10)8-9;1-2/h4-8,10-16H,9H2,1-3H3;1-5,7-9H,6,10H2;2-8H,1H3;1-2H3. The van der Waals surface area contributed by atoms with Crippen LogP contribution in [0.5, 0.6) is 0 Å². The van der Waals surface area contributed by atoms with Crippen LogP contribution in [0.1, 0.15) is 60.2 Å². The first-order valence-electron chi connectivity index (χ1n) is 18.8. The van der Waals surface area contributed by atoms with Crippen molar-refractivity contribution in [2.75, 3.05) is 0 Å². The normalized spacial score (nSPS) is 12.5. The molecule has 0 fully saturated rings. The smallest absolute Gasteiger partial charge is 0.0485 e. The van der Waals surface area contributed by atoms with Crippen molar-refractivity contribution in [3.8, 4) is 22.3 Å². The summed E-state index contributed by atoms with van der Waals surface area (Å²) in [6, 6.07) is 47.9. The van der Waals surface area contributed by atoms with E-state index in [1.165, 1.54) is 95.9 Å². The van der Waals surface area contributed by atoms with Crippen molar-refractivity contribution in [1.29, 1.82) is 0 Å². The number of hydrogen-bond donors (Lipinski definition) is 0. The second-order valence-corrected chi connectivity index (χ2v) is 13.5. The molecule has 0 atom stereocenters. The van der Waals surface area contributed by atoms with Gasteiger partial charge in [-0.2, -0.15) is 0 Å². The predicted molar refractivity (Wildman–Crippen MR) is 229 cm³/mol. The highest BCUT2D eigenvalue weighted by atomic mass is 14.9. The van der Waals surface area contributed by atoms with Gasteiger partial charge >= 0.3 is 0 Å². The van der Waals surface area contributed by atoms with E-state index in [0.29, 0.717) is 0 Å². The summed E-state index contributed by atoms with van der Waals surface area (Å²) in [6.45, 7) is 10.5. The van der Waals surface area contributed by atoms with Crippen LogP contribution in [0.3, 0.4) is 0 Å². The van der Waals surface area contributed by atoms with Crippen molar-refractivity contribution in [3.63, 3.8) is 0 Å². The zero-order valence-electron chi connectivity index (χ0n) is 31.7. The van der Waals surface area contributed by atoms with Crippen molar-refractivity contribution in [3.05, 3.63) is 191 Å². The molecule has 9 rings (SSSR count). The van der Waals surface area contributed by atoms with Gasteiger partial charge in [-0.25, -0.2) is 0 Å². The number of rotatable bonds is 3. The number of aromatic nitrogens is 1. The molecule has 0 saturated carbocycles. The van der Waals surface area contributed by atoms with E-state index in [4.69, 9.17) is 0 Å². The molecule has 1 heterocycles. The minimum Gasteiger partial charge on any atom is -0.344 e. The highest BCUT2D eigenvalue weighted by Gasteiger charge is 2.17. The van der Waals surface area contributed by atoms with Crippen molar-refractivity contribution < 1.29 is 0 Å². The fraction of sp³-hybridized carbons (Fsp3) is 0.176. The molecule has 0 amide bonds. The predicted octanol–water partition coefficient (Wildman–Crippen LogP) is 14.3. The zero-order valence-corrected chi connectivity index (χ0v) is 31.7. The third-order valence-electron chi connectivity index (χ3n) is 10.0. The third-order valence-corrected chi connectivity index (χ3v) is 10.0. The molecule has 0 radical (unpaired) electrons. The Morgan fingerprint density at radius 1 is 0.558 bits per heavy atom. The Balaban J connectivity index is 0.000000153. The third kappa shape index (κ3) is 8.11. The first-order valence-corrected chi connectivity index (χ1v) is 18.8. The molecule has 7 aromatic rings. The second kappa shape index (κ2) is 17.0. The Labute approximate surface area is 311 Å². The van der Waals surface area contributed by atoms with E-state index in [9.17, 15) is 0 Å². The number of allylic oxidation sites excluding steroid dienone is 5. The van der Waals surface area contributed by atoms with Gasteiger partial charge in [0.25, 0.3) is 0 Å². The van der Waals surface area contributed by atoms with Crippen molar-refractivity contribution in [1.82, 2.24) is 4.57 Å². The molecule has 2 aliphatic carbocycles. The van der Waals surface area contributed by atoms with E-state index < -0.39 is 0 Å². The molecule has 0 N–H and O–H groups in total. The van der Waals surface area contributed by atoms with Crippen molar-refractivity contribution in [2.24, 2.45) is 7.05 Å². The summed E-state index contributed by atoms with van der Waals surface area (Å²) in [7, 11) is 2.17. The van der Waals surface area contributed by atoms with Gasteiger partial charge in [-0.05, 0) is 125 Å². The number of nitrogens with zero attached hydrogens (tertiary/aromatic N) is 1. The van der Waals surface area contributed by atoms with E-state index in [0.717, 1.165) is 6.42 Å². The summed E-state index contributed by atoms with van der Waals surface area (Å²) >= 11 is 0. The van der Waals surface area contributed by atoms with Gasteiger partial charge in [-0.15, -0.1) is 0 Å². The molecule has 1 heteroatoms. The molecular weight excluding hydrogens is 627 g/mol. The summed E-state index contributed by atoms with van der Waals surface area (Å²) in [5.41, 5.74) is 16.1. The summed E-state index contributed by atoms with van der Waals surface area (Å²) in [5.74, 6) is 0. The Kier molecular flexibility index (Phi) is 11.8. The molecule has 52 heavy (non-hydrogen) atoms. The SMILES string of the molecule is C1=CCCC(c2ccccc2)=C1.CC.Cc1ccc2ccccc2c1.Cc1ccccc1-c1cc(-c2ccc3c(c2)c2c(n3C)C=CC2)ccc1C. The van der Waals surface area contributed by atoms with Crippen LogP contribution in [-0.4, -0.2) is 4.57 Å². The number of fused-ring (bicyclic) bond motifs is 4. The Morgan fingerprint density at radius 3 is 2.02 bits per heavy atom. The molecule has 2 aliphatic rings. The Morgan fingerprint density at radius 2 is 1.25 bits per heavy atom. The molecule has 1 nitrogen and oxygen atoms in total. The first-order chi connectivity index (χ1) is 25.5. The lowest BCUT2D eigenvalue weighted by Gasteiger charge is -2.12. The molecule has 0 unspecified atom stereocenters. The van der Waals surface area contributed by atoms with E-state index in [1.54, 1.807) is 0 Å². The van der Waals surface area contributed by atoms with Crippen LogP contribution < -0.4 is 0 Å². The second-order valence-electron chi connectivity index (χ2n) is 13.5. The minimum absolute atomic E-state index is 1.04. The molecule has 260 valence electrons. The van der Waals surface area contributed by atoms with Crippen LogP contribution in [0.2, 0.25) is 0 Å². The molecule has 0 saturated heterocycles.